The summed E-state index contributed by atoms with van der Waals surface area (Å²) in [4.78, 5) is 4.38. The number of hydrogen-bond acceptors (Lipinski definition) is 4. The van der Waals surface area contributed by atoms with Crippen LogP contribution in [0.2, 0.25) is 5.02 Å². The maximum atomic E-state index is 9.54. The molecule has 0 atom stereocenters. The fourth-order valence-electron chi connectivity index (χ4n) is 2.83. The van der Waals surface area contributed by atoms with Crippen LogP contribution in [-0.4, -0.2) is 26.2 Å². The lowest BCUT2D eigenvalue weighted by atomic mass is 10.1. The van der Waals surface area contributed by atoms with Crippen molar-refractivity contribution in [3.63, 3.8) is 0 Å². The smallest absolute Gasteiger partial charge is 0.191 e. The Bertz CT molecular complexity index is 1150. The molecule has 0 saturated heterocycles. The summed E-state index contributed by atoms with van der Waals surface area (Å²) in [6.45, 7) is 0. The van der Waals surface area contributed by atoms with Crippen molar-refractivity contribution in [1.82, 2.24) is 20.0 Å². The van der Waals surface area contributed by atoms with Crippen LogP contribution in [0.5, 0.6) is 0 Å². The molecule has 0 aliphatic rings. The van der Waals surface area contributed by atoms with E-state index in [9.17, 15) is 5.26 Å². The lowest BCUT2D eigenvalue weighted by Crippen LogP contribution is -1.94. The Hall–Kier alpha value is -3.69. The van der Waals surface area contributed by atoms with E-state index in [1.807, 2.05) is 60.8 Å². The van der Waals surface area contributed by atoms with E-state index in [4.69, 9.17) is 11.6 Å². The molecule has 0 unspecified atom stereocenters. The zero-order chi connectivity index (χ0) is 19.3. The number of hydrogen-bond donors (Lipinski definition) is 1. The molecule has 0 radical (unpaired) electrons. The van der Waals surface area contributed by atoms with Crippen LogP contribution in [0, 0.1) is 11.3 Å². The van der Waals surface area contributed by atoms with Gasteiger partial charge >= 0.3 is 0 Å². The molecule has 0 fully saturated rings. The van der Waals surface area contributed by atoms with Gasteiger partial charge < -0.3 is 0 Å². The number of aromatic nitrogens is 4. The lowest BCUT2D eigenvalue weighted by molar-refractivity contribution is 0.880. The van der Waals surface area contributed by atoms with Gasteiger partial charge in [-0.2, -0.15) is 15.5 Å². The van der Waals surface area contributed by atoms with Crippen molar-refractivity contribution < 1.29 is 0 Å². The fraction of sp³-hybridized carbons (Fsp3) is 0.0476. The first-order valence-corrected chi connectivity index (χ1v) is 8.96. The van der Waals surface area contributed by atoms with Crippen LogP contribution in [0.4, 0.5) is 5.82 Å². The Balaban J connectivity index is 1.53. The first-order chi connectivity index (χ1) is 13.7. The van der Waals surface area contributed by atoms with Gasteiger partial charge in [0.05, 0.1) is 11.4 Å². The fourth-order valence-corrected chi connectivity index (χ4v) is 3.04. The number of H-pyrrole nitrogens is 1. The van der Waals surface area contributed by atoms with E-state index < -0.39 is 0 Å². The minimum atomic E-state index is 0.371. The van der Waals surface area contributed by atoms with Crippen LogP contribution in [0.25, 0.3) is 5.69 Å². The first kappa shape index (κ1) is 17.7. The molecular formula is C21H15ClN6. The van der Waals surface area contributed by atoms with E-state index in [1.54, 1.807) is 17.1 Å². The summed E-state index contributed by atoms with van der Waals surface area (Å²) in [5.74, 6) is 0.371. The van der Waals surface area contributed by atoms with Gasteiger partial charge in [0.15, 0.2) is 5.82 Å². The number of benzene rings is 2. The third-order valence-corrected chi connectivity index (χ3v) is 4.44. The zero-order valence-electron chi connectivity index (χ0n) is 14.7. The quantitative estimate of drug-likeness (QED) is 0.514. The molecule has 7 heteroatoms. The van der Waals surface area contributed by atoms with Crippen LogP contribution >= 0.6 is 11.6 Å². The van der Waals surface area contributed by atoms with E-state index in [2.05, 4.69) is 26.4 Å². The molecule has 4 aromatic rings. The second kappa shape index (κ2) is 7.91. The summed E-state index contributed by atoms with van der Waals surface area (Å²) in [5, 5.41) is 21.5. The SMILES string of the molecule is N#Cc1c(N=Cc2ccc(-n3cccn3)cc2)n[nH]c1Cc1cccc(Cl)c1. The first-order valence-electron chi connectivity index (χ1n) is 8.59. The standard InChI is InChI=1S/C21H15ClN6/c22-17-4-1-3-16(11-17)12-20-19(13-23)21(27-26-20)24-14-15-5-7-18(8-6-15)28-10-2-9-25-28/h1-11,14H,12H2,(H,26,27). The Kier molecular flexibility index (Phi) is 5.00. The van der Waals surface area contributed by atoms with E-state index >= 15 is 0 Å². The highest BCUT2D eigenvalue weighted by atomic mass is 35.5. The van der Waals surface area contributed by atoms with E-state index in [1.165, 1.54) is 0 Å². The van der Waals surface area contributed by atoms with Gasteiger partial charge in [0.1, 0.15) is 11.6 Å². The molecule has 0 aliphatic carbocycles. The summed E-state index contributed by atoms with van der Waals surface area (Å²) in [5.41, 5.74) is 4.01. The maximum absolute atomic E-state index is 9.54. The van der Waals surface area contributed by atoms with E-state index in [0.29, 0.717) is 28.5 Å². The van der Waals surface area contributed by atoms with Crippen LogP contribution in [0.3, 0.4) is 0 Å². The second-order valence-corrected chi connectivity index (χ2v) is 6.56. The molecule has 2 heterocycles. The Labute approximate surface area is 166 Å². The number of rotatable bonds is 5. The lowest BCUT2D eigenvalue weighted by Gasteiger charge is -2.01. The molecule has 0 bridgehead atoms. The Morgan fingerprint density at radius 1 is 1.18 bits per heavy atom. The molecular weight excluding hydrogens is 372 g/mol. The average Bonchev–Trinajstić information content (AvgIpc) is 3.37. The molecule has 0 spiro atoms. The van der Waals surface area contributed by atoms with Crippen molar-refractivity contribution >= 4 is 23.6 Å². The number of aliphatic imine (C=N–C) groups is 1. The number of aromatic amines is 1. The van der Waals surface area contributed by atoms with E-state index in [0.717, 1.165) is 16.8 Å². The van der Waals surface area contributed by atoms with Crippen molar-refractivity contribution in [2.24, 2.45) is 4.99 Å². The van der Waals surface area contributed by atoms with Crippen molar-refractivity contribution in [3.05, 3.63) is 94.4 Å². The van der Waals surface area contributed by atoms with Gasteiger partial charge in [-0.3, -0.25) is 5.10 Å². The predicted octanol–water partition coefficient (Wildman–Crippen LogP) is 4.46. The van der Waals surface area contributed by atoms with Crippen LogP contribution in [0.1, 0.15) is 22.4 Å². The third kappa shape index (κ3) is 3.85. The monoisotopic (exact) mass is 386 g/mol. The van der Waals surface area contributed by atoms with Crippen molar-refractivity contribution in [2.45, 2.75) is 6.42 Å². The Morgan fingerprint density at radius 3 is 2.75 bits per heavy atom. The third-order valence-electron chi connectivity index (χ3n) is 4.20. The van der Waals surface area contributed by atoms with Gasteiger partial charge in [0.25, 0.3) is 0 Å². The highest BCUT2D eigenvalue weighted by molar-refractivity contribution is 6.30. The molecule has 0 aliphatic heterocycles. The summed E-state index contributed by atoms with van der Waals surface area (Å²) in [6.07, 6.45) is 5.84. The normalized spacial score (nSPS) is 11.0. The molecule has 28 heavy (non-hydrogen) atoms. The number of nitriles is 1. The molecule has 136 valence electrons. The summed E-state index contributed by atoms with van der Waals surface area (Å²) in [7, 11) is 0. The average molecular weight is 387 g/mol. The zero-order valence-corrected chi connectivity index (χ0v) is 15.5. The largest absolute Gasteiger partial charge is 0.279 e. The second-order valence-electron chi connectivity index (χ2n) is 6.12. The molecule has 6 nitrogen and oxygen atoms in total. The van der Waals surface area contributed by atoms with Crippen LogP contribution < -0.4 is 0 Å². The van der Waals surface area contributed by atoms with Gasteiger partial charge in [-0.1, -0.05) is 35.9 Å². The van der Waals surface area contributed by atoms with Gasteiger partial charge in [0.2, 0.25) is 0 Å². The summed E-state index contributed by atoms with van der Waals surface area (Å²) < 4.78 is 1.78. The maximum Gasteiger partial charge on any atom is 0.191 e. The van der Waals surface area contributed by atoms with Gasteiger partial charge in [0, 0.05) is 30.1 Å². The van der Waals surface area contributed by atoms with Crippen molar-refractivity contribution in [2.75, 3.05) is 0 Å². The molecule has 0 amide bonds. The highest BCUT2D eigenvalue weighted by Crippen LogP contribution is 2.22. The van der Waals surface area contributed by atoms with Gasteiger partial charge in [-0.25, -0.2) is 9.67 Å². The molecule has 4 rings (SSSR count). The molecule has 1 N–H and O–H groups in total. The minimum absolute atomic E-state index is 0.371. The molecule has 2 aromatic heterocycles. The highest BCUT2D eigenvalue weighted by Gasteiger charge is 2.12. The molecule has 2 aromatic carbocycles. The van der Waals surface area contributed by atoms with Crippen molar-refractivity contribution in [1.29, 1.82) is 5.26 Å². The Morgan fingerprint density at radius 2 is 2.04 bits per heavy atom. The van der Waals surface area contributed by atoms with E-state index in [-0.39, 0.29) is 0 Å². The van der Waals surface area contributed by atoms with Gasteiger partial charge in [-0.15, -0.1) is 0 Å². The predicted molar refractivity (Wildman–Crippen MR) is 108 cm³/mol. The number of nitrogens with zero attached hydrogens (tertiary/aromatic N) is 5. The van der Waals surface area contributed by atoms with Crippen LogP contribution in [0.15, 0.2) is 72.0 Å². The van der Waals surface area contributed by atoms with Crippen molar-refractivity contribution in [3.8, 4) is 11.8 Å². The number of nitrogens with one attached hydrogen (secondary N) is 1. The summed E-state index contributed by atoms with van der Waals surface area (Å²) >= 11 is 6.03. The topological polar surface area (TPSA) is 82.7 Å². The summed E-state index contributed by atoms with van der Waals surface area (Å²) in [6, 6.07) is 19.4. The van der Waals surface area contributed by atoms with Gasteiger partial charge in [-0.05, 0) is 41.5 Å². The minimum Gasteiger partial charge on any atom is -0.279 e. The van der Waals surface area contributed by atoms with Crippen LogP contribution in [-0.2, 0) is 6.42 Å². The number of halogens is 1. The molecule has 0 saturated carbocycles.